The molecule has 2 aromatic heterocycles. The second-order valence-electron chi connectivity index (χ2n) is 9.31. The van der Waals surface area contributed by atoms with Gasteiger partial charge in [0.05, 0.1) is 11.6 Å². The predicted molar refractivity (Wildman–Crippen MR) is 133 cm³/mol. The summed E-state index contributed by atoms with van der Waals surface area (Å²) < 4.78 is 0. The lowest BCUT2D eigenvalue weighted by Crippen LogP contribution is -2.56. The van der Waals surface area contributed by atoms with Crippen molar-refractivity contribution in [1.29, 1.82) is 0 Å². The minimum atomic E-state index is 0.0432. The smallest absolute Gasteiger partial charge is 0.156 e. The van der Waals surface area contributed by atoms with Crippen molar-refractivity contribution in [1.82, 2.24) is 19.9 Å². The van der Waals surface area contributed by atoms with Crippen LogP contribution < -0.4 is 21.3 Å². The van der Waals surface area contributed by atoms with Crippen LogP contribution in [-0.4, -0.2) is 51.7 Å². The summed E-state index contributed by atoms with van der Waals surface area (Å²) in [5.41, 5.74) is 16.7. The highest BCUT2D eigenvalue weighted by atomic mass is 15.3. The number of benzene rings is 1. The average molecular weight is 445 g/mol. The van der Waals surface area contributed by atoms with Crippen molar-refractivity contribution in [3.05, 3.63) is 52.9 Å². The third kappa shape index (κ3) is 4.11. The molecule has 1 atom stereocenters. The fourth-order valence-electron chi connectivity index (χ4n) is 4.95. The number of aromatic nitrogens is 4. The van der Waals surface area contributed by atoms with Crippen LogP contribution >= 0.6 is 0 Å². The number of hydrogen-bond donors (Lipinski definition) is 2. The van der Waals surface area contributed by atoms with Gasteiger partial charge in [-0.15, -0.1) is 0 Å². The molecule has 2 aliphatic rings. The summed E-state index contributed by atoms with van der Waals surface area (Å²) in [6.07, 6.45) is 7.00. The van der Waals surface area contributed by atoms with E-state index >= 15 is 0 Å². The Morgan fingerprint density at radius 1 is 1.03 bits per heavy atom. The molecule has 33 heavy (non-hydrogen) atoms. The van der Waals surface area contributed by atoms with E-state index in [1.165, 1.54) is 5.56 Å². The zero-order valence-electron chi connectivity index (χ0n) is 19.6. The molecule has 2 aliphatic heterocycles. The summed E-state index contributed by atoms with van der Waals surface area (Å²) in [5, 5.41) is 1.10. The standard InChI is InChI=1S/C25H32N8/c1-15-7-6-8-20-23(15)25(30-17(3)29-20)33-10-5-4-9-21(33)19(27)11-22-28-12-16(2)24(31-22)32-13-18(26)14-32/h6-8,11-12,18,21H,4-5,9-10,13-14,26-27H2,1-3H3. The molecule has 0 aliphatic carbocycles. The molecule has 172 valence electrons. The highest BCUT2D eigenvalue weighted by Gasteiger charge is 2.29. The number of fused-ring (bicyclic) bond motifs is 1. The molecule has 1 unspecified atom stereocenters. The zero-order chi connectivity index (χ0) is 23.1. The maximum Gasteiger partial charge on any atom is 0.156 e. The van der Waals surface area contributed by atoms with Crippen LogP contribution in [0.15, 0.2) is 30.1 Å². The van der Waals surface area contributed by atoms with E-state index in [2.05, 4.69) is 38.8 Å². The fourth-order valence-corrected chi connectivity index (χ4v) is 4.95. The van der Waals surface area contributed by atoms with Crippen molar-refractivity contribution in [2.45, 2.75) is 52.1 Å². The Hall–Kier alpha value is -3.26. The van der Waals surface area contributed by atoms with Crippen molar-refractivity contribution < 1.29 is 0 Å². The van der Waals surface area contributed by atoms with E-state index in [1.807, 2.05) is 32.2 Å². The highest BCUT2D eigenvalue weighted by Crippen LogP contribution is 2.33. The number of piperidine rings is 1. The molecule has 8 nitrogen and oxygen atoms in total. The summed E-state index contributed by atoms with van der Waals surface area (Å²) in [6, 6.07) is 6.48. The van der Waals surface area contributed by atoms with Crippen LogP contribution in [0.5, 0.6) is 0 Å². The normalized spacial score (nSPS) is 19.8. The van der Waals surface area contributed by atoms with E-state index in [0.717, 1.165) is 78.5 Å². The molecule has 0 saturated carbocycles. The lowest BCUT2D eigenvalue weighted by molar-refractivity contribution is 0.495. The molecule has 5 rings (SSSR count). The van der Waals surface area contributed by atoms with Crippen molar-refractivity contribution in [3.8, 4) is 0 Å². The quantitative estimate of drug-likeness (QED) is 0.632. The zero-order valence-corrected chi connectivity index (χ0v) is 19.6. The average Bonchev–Trinajstić information content (AvgIpc) is 2.78. The molecule has 1 aromatic carbocycles. The lowest BCUT2D eigenvalue weighted by Gasteiger charge is -2.38. The first-order valence-corrected chi connectivity index (χ1v) is 11.7. The first-order chi connectivity index (χ1) is 15.9. The highest BCUT2D eigenvalue weighted by molar-refractivity contribution is 5.92. The van der Waals surface area contributed by atoms with Crippen LogP contribution in [0.25, 0.3) is 17.0 Å². The van der Waals surface area contributed by atoms with E-state index in [0.29, 0.717) is 5.82 Å². The van der Waals surface area contributed by atoms with Gasteiger partial charge in [0.2, 0.25) is 0 Å². The molecule has 2 saturated heterocycles. The summed E-state index contributed by atoms with van der Waals surface area (Å²) >= 11 is 0. The van der Waals surface area contributed by atoms with Gasteiger partial charge in [-0.2, -0.15) is 0 Å². The molecule has 0 bridgehead atoms. The van der Waals surface area contributed by atoms with Crippen molar-refractivity contribution >= 4 is 28.6 Å². The Labute approximate surface area is 194 Å². The van der Waals surface area contributed by atoms with Crippen LogP contribution in [0, 0.1) is 20.8 Å². The van der Waals surface area contributed by atoms with Crippen LogP contribution in [0.1, 0.15) is 42.0 Å². The monoisotopic (exact) mass is 444 g/mol. The van der Waals surface area contributed by atoms with Crippen LogP contribution in [0.3, 0.4) is 0 Å². The Bertz CT molecular complexity index is 1210. The SMILES string of the molecule is Cc1nc(N2CCCCC2C(N)=Cc2ncc(C)c(N3CC(N)C3)n2)c2c(C)cccc2n1. The largest absolute Gasteiger partial charge is 0.400 e. The van der Waals surface area contributed by atoms with E-state index in [1.54, 1.807) is 0 Å². The van der Waals surface area contributed by atoms with E-state index in [9.17, 15) is 0 Å². The maximum absolute atomic E-state index is 6.72. The molecule has 0 radical (unpaired) electrons. The van der Waals surface area contributed by atoms with Crippen molar-refractivity contribution in [2.24, 2.45) is 11.5 Å². The summed E-state index contributed by atoms with van der Waals surface area (Å²) in [7, 11) is 0. The van der Waals surface area contributed by atoms with Crippen LogP contribution in [-0.2, 0) is 0 Å². The summed E-state index contributed by atoms with van der Waals surface area (Å²) in [5.74, 6) is 3.32. The molecule has 2 fully saturated rings. The topological polar surface area (TPSA) is 110 Å². The van der Waals surface area contributed by atoms with Crippen LogP contribution in [0.4, 0.5) is 11.6 Å². The molecular formula is C25H32N8. The Balaban J connectivity index is 1.51. The molecule has 3 aromatic rings. The minimum Gasteiger partial charge on any atom is -0.400 e. The van der Waals surface area contributed by atoms with Gasteiger partial charge in [0.25, 0.3) is 0 Å². The van der Waals surface area contributed by atoms with Gasteiger partial charge >= 0.3 is 0 Å². The first-order valence-electron chi connectivity index (χ1n) is 11.7. The van der Waals surface area contributed by atoms with Crippen molar-refractivity contribution in [3.63, 3.8) is 0 Å². The third-order valence-electron chi connectivity index (χ3n) is 6.65. The summed E-state index contributed by atoms with van der Waals surface area (Å²) in [6.45, 7) is 8.66. The third-order valence-corrected chi connectivity index (χ3v) is 6.65. The lowest BCUT2D eigenvalue weighted by atomic mass is 9.98. The van der Waals surface area contributed by atoms with Gasteiger partial charge in [-0.05, 0) is 51.7 Å². The van der Waals surface area contributed by atoms with E-state index in [4.69, 9.17) is 21.4 Å². The van der Waals surface area contributed by atoms with Gasteiger partial charge in [-0.1, -0.05) is 12.1 Å². The molecule has 4 N–H and O–H groups in total. The number of hydrogen-bond acceptors (Lipinski definition) is 8. The number of nitrogens with zero attached hydrogens (tertiary/aromatic N) is 6. The Kier molecular flexibility index (Phi) is 5.62. The van der Waals surface area contributed by atoms with Gasteiger partial charge in [-0.3, -0.25) is 0 Å². The second kappa shape index (κ2) is 8.59. The first kappa shape index (κ1) is 21.6. The second-order valence-corrected chi connectivity index (χ2v) is 9.31. The molecule has 0 amide bonds. The van der Waals surface area contributed by atoms with E-state index < -0.39 is 0 Å². The number of rotatable bonds is 4. The van der Waals surface area contributed by atoms with Crippen LogP contribution in [0.2, 0.25) is 0 Å². The number of nitrogens with two attached hydrogens (primary N) is 2. The fraction of sp³-hybridized carbons (Fsp3) is 0.440. The molecule has 8 heteroatoms. The number of aryl methyl sites for hydroxylation is 3. The molecule has 0 spiro atoms. The minimum absolute atomic E-state index is 0.0432. The molecule has 4 heterocycles. The Morgan fingerprint density at radius 2 is 1.85 bits per heavy atom. The van der Waals surface area contributed by atoms with Gasteiger partial charge in [0.1, 0.15) is 17.5 Å². The van der Waals surface area contributed by atoms with Gasteiger partial charge < -0.3 is 21.3 Å². The van der Waals surface area contributed by atoms with Gasteiger partial charge in [0, 0.05) is 54.6 Å². The van der Waals surface area contributed by atoms with Crippen molar-refractivity contribution in [2.75, 3.05) is 29.4 Å². The van der Waals surface area contributed by atoms with Gasteiger partial charge in [-0.25, -0.2) is 19.9 Å². The summed E-state index contributed by atoms with van der Waals surface area (Å²) in [4.78, 5) is 23.4. The maximum atomic E-state index is 6.72. The predicted octanol–water partition coefficient (Wildman–Crippen LogP) is 2.85. The van der Waals surface area contributed by atoms with E-state index in [-0.39, 0.29) is 12.1 Å². The number of anilines is 2. The Morgan fingerprint density at radius 3 is 2.64 bits per heavy atom. The molecular weight excluding hydrogens is 412 g/mol. The van der Waals surface area contributed by atoms with Gasteiger partial charge in [0.15, 0.2) is 5.82 Å².